The maximum atomic E-state index is 6.06. The minimum Gasteiger partial charge on any atom is -0.398 e. The van der Waals surface area contributed by atoms with Crippen LogP contribution >= 0.6 is 23.4 Å². The molecule has 0 atom stereocenters. The predicted molar refractivity (Wildman–Crippen MR) is 66.5 cm³/mol. The summed E-state index contributed by atoms with van der Waals surface area (Å²) < 4.78 is 0. The first kappa shape index (κ1) is 11.3. The normalized spacial score (nSPS) is 10.6. The van der Waals surface area contributed by atoms with E-state index in [0.717, 1.165) is 11.4 Å². The summed E-state index contributed by atoms with van der Waals surface area (Å²) in [7, 11) is 0. The molecule has 0 radical (unpaired) electrons. The Bertz CT molecular complexity index is 477. The van der Waals surface area contributed by atoms with Crippen LogP contribution in [0, 0.1) is 6.92 Å². The Morgan fingerprint density at radius 1 is 1.50 bits per heavy atom. The summed E-state index contributed by atoms with van der Waals surface area (Å²) in [6.07, 6.45) is 0. The van der Waals surface area contributed by atoms with Crippen LogP contribution in [0.15, 0.2) is 23.4 Å². The molecule has 3 N–H and O–H groups in total. The molecular weight excluding hydrogens is 244 g/mol. The highest BCUT2D eigenvalue weighted by Crippen LogP contribution is 2.28. The summed E-state index contributed by atoms with van der Waals surface area (Å²) in [5.41, 5.74) is 7.47. The molecule has 1 heterocycles. The van der Waals surface area contributed by atoms with Crippen molar-refractivity contribution < 1.29 is 0 Å². The lowest BCUT2D eigenvalue weighted by Crippen LogP contribution is -1.93. The van der Waals surface area contributed by atoms with Gasteiger partial charge in [-0.3, -0.25) is 5.10 Å². The fraction of sp³-hybridized carbons (Fsp3) is 0.200. The Kier molecular flexibility index (Phi) is 3.36. The second-order valence-corrected chi connectivity index (χ2v) is 4.65. The zero-order valence-electron chi connectivity index (χ0n) is 8.70. The maximum absolute atomic E-state index is 6.06. The van der Waals surface area contributed by atoms with Crippen molar-refractivity contribution in [3.63, 3.8) is 0 Å². The average molecular weight is 255 g/mol. The minimum atomic E-state index is 0.669. The van der Waals surface area contributed by atoms with Gasteiger partial charge in [0.25, 0.3) is 0 Å². The van der Waals surface area contributed by atoms with Gasteiger partial charge in [0.05, 0.1) is 0 Å². The molecule has 0 bridgehead atoms. The van der Waals surface area contributed by atoms with Gasteiger partial charge in [-0.15, -0.1) is 5.10 Å². The molecule has 1 aromatic carbocycles. The molecule has 1 aromatic heterocycles. The lowest BCUT2D eigenvalue weighted by molar-refractivity contribution is 0.969. The number of aromatic amines is 1. The van der Waals surface area contributed by atoms with Gasteiger partial charge in [0.1, 0.15) is 5.82 Å². The highest BCUT2D eigenvalue weighted by Gasteiger charge is 2.07. The third-order valence-corrected chi connectivity index (χ3v) is 3.31. The van der Waals surface area contributed by atoms with Gasteiger partial charge in [0.2, 0.25) is 5.16 Å². The van der Waals surface area contributed by atoms with Gasteiger partial charge >= 0.3 is 0 Å². The molecule has 0 aliphatic heterocycles. The number of hydrogen-bond acceptors (Lipinski definition) is 4. The number of thioether (sulfide) groups is 1. The second kappa shape index (κ2) is 4.76. The van der Waals surface area contributed by atoms with Crippen molar-refractivity contribution in [2.45, 2.75) is 17.8 Å². The summed E-state index contributed by atoms with van der Waals surface area (Å²) in [6.45, 7) is 1.86. The van der Waals surface area contributed by atoms with Crippen LogP contribution < -0.4 is 5.73 Å². The monoisotopic (exact) mass is 254 g/mol. The van der Waals surface area contributed by atoms with E-state index in [1.54, 1.807) is 0 Å². The first-order valence-corrected chi connectivity index (χ1v) is 6.08. The summed E-state index contributed by atoms with van der Waals surface area (Å²) in [6, 6.07) is 5.50. The number of aromatic nitrogens is 3. The molecule has 0 unspecified atom stereocenters. The SMILES string of the molecule is Cc1nc(SCc2c(N)cccc2Cl)n[nH]1. The summed E-state index contributed by atoms with van der Waals surface area (Å²) in [5.74, 6) is 1.47. The van der Waals surface area contributed by atoms with Gasteiger partial charge in [0, 0.05) is 22.0 Å². The van der Waals surface area contributed by atoms with E-state index in [4.69, 9.17) is 17.3 Å². The lowest BCUT2D eigenvalue weighted by atomic mass is 10.2. The Morgan fingerprint density at radius 3 is 2.94 bits per heavy atom. The molecule has 0 saturated carbocycles. The van der Waals surface area contributed by atoms with E-state index in [9.17, 15) is 0 Å². The van der Waals surface area contributed by atoms with Crippen LogP contribution in [0.4, 0.5) is 5.69 Å². The molecule has 0 fully saturated rings. The molecule has 16 heavy (non-hydrogen) atoms. The van der Waals surface area contributed by atoms with Crippen LogP contribution in [0.1, 0.15) is 11.4 Å². The molecule has 0 aliphatic carbocycles. The van der Waals surface area contributed by atoms with Crippen molar-refractivity contribution in [3.05, 3.63) is 34.6 Å². The summed E-state index contributed by atoms with van der Waals surface area (Å²) in [4.78, 5) is 4.20. The van der Waals surface area contributed by atoms with E-state index in [0.29, 0.717) is 21.6 Å². The van der Waals surface area contributed by atoms with E-state index in [1.165, 1.54) is 11.8 Å². The van der Waals surface area contributed by atoms with E-state index in [-0.39, 0.29) is 0 Å². The maximum Gasteiger partial charge on any atom is 0.208 e. The highest BCUT2D eigenvalue weighted by molar-refractivity contribution is 7.98. The lowest BCUT2D eigenvalue weighted by Gasteiger charge is -2.05. The van der Waals surface area contributed by atoms with Gasteiger partial charge in [0.15, 0.2) is 0 Å². The Labute approximate surface area is 103 Å². The van der Waals surface area contributed by atoms with Crippen molar-refractivity contribution in [3.8, 4) is 0 Å². The highest BCUT2D eigenvalue weighted by atomic mass is 35.5. The van der Waals surface area contributed by atoms with Crippen LogP contribution in [0.3, 0.4) is 0 Å². The van der Waals surface area contributed by atoms with E-state index in [2.05, 4.69) is 15.2 Å². The molecule has 2 aromatic rings. The molecular formula is C10H11ClN4S. The minimum absolute atomic E-state index is 0.669. The summed E-state index contributed by atoms with van der Waals surface area (Å²) in [5, 5.41) is 8.21. The van der Waals surface area contributed by atoms with E-state index < -0.39 is 0 Å². The van der Waals surface area contributed by atoms with Crippen molar-refractivity contribution >= 4 is 29.1 Å². The topological polar surface area (TPSA) is 67.6 Å². The molecule has 0 amide bonds. The van der Waals surface area contributed by atoms with Crippen molar-refractivity contribution in [1.29, 1.82) is 0 Å². The number of rotatable bonds is 3. The standard InChI is InChI=1S/C10H11ClN4S/c1-6-13-10(15-14-6)16-5-7-8(11)3-2-4-9(7)12/h2-4H,5,12H2,1H3,(H,13,14,15). The zero-order chi connectivity index (χ0) is 11.5. The number of nitrogens with one attached hydrogen (secondary N) is 1. The second-order valence-electron chi connectivity index (χ2n) is 3.30. The Balaban J connectivity index is 2.10. The van der Waals surface area contributed by atoms with Crippen LogP contribution in [-0.4, -0.2) is 15.2 Å². The number of halogens is 1. The number of nitrogens with two attached hydrogens (primary N) is 1. The largest absolute Gasteiger partial charge is 0.398 e. The Hall–Kier alpha value is -1.20. The first-order chi connectivity index (χ1) is 7.66. The summed E-state index contributed by atoms with van der Waals surface area (Å²) >= 11 is 7.56. The van der Waals surface area contributed by atoms with E-state index in [1.807, 2.05) is 25.1 Å². The van der Waals surface area contributed by atoms with Gasteiger partial charge < -0.3 is 5.73 Å². The third kappa shape index (κ3) is 2.48. The van der Waals surface area contributed by atoms with Crippen LogP contribution in [0.5, 0.6) is 0 Å². The number of hydrogen-bond donors (Lipinski definition) is 2. The molecule has 0 saturated heterocycles. The molecule has 4 nitrogen and oxygen atoms in total. The fourth-order valence-electron chi connectivity index (χ4n) is 1.25. The Morgan fingerprint density at radius 2 is 2.31 bits per heavy atom. The number of benzene rings is 1. The van der Waals surface area contributed by atoms with Gasteiger partial charge in [-0.2, -0.15) is 0 Å². The van der Waals surface area contributed by atoms with Crippen LogP contribution in [0.2, 0.25) is 5.02 Å². The predicted octanol–water partition coefficient (Wildman–Crippen LogP) is 2.64. The molecule has 2 rings (SSSR count). The number of anilines is 1. The number of H-pyrrole nitrogens is 1. The van der Waals surface area contributed by atoms with Crippen LogP contribution in [0.25, 0.3) is 0 Å². The number of nitrogens with zero attached hydrogens (tertiary/aromatic N) is 2. The molecule has 0 aliphatic rings. The average Bonchev–Trinajstić information content (AvgIpc) is 2.63. The zero-order valence-corrected chi connectivity index (χ0v) is 10.3. The van der Waals surface area contributed by atoms with E-state index >= 15 is 0 Å². The van der Waals surface area contributed by atoms with Crippen molar-refractivity contribution in [1.82, 2.24) is 15.2 Å². The van der Waals surface area contributed by atoms with Crippen molar-refractivity contribution in [2.75, 3.05) is 5.73 Å². The number of nitrogen functional groups attached to an aromatic ring is 1. The molecule has 84 valence electrons. The van der Waals surface area contributed by atoms with Gasteiger partial charge in [-0.25, -0.2) is 4.98 Å². The third-order valence-electron chi connectivity index (χ3n) is 2.08. The molecule has 0 spiro atoms. The fourth-order valence-corrected chi connectivity index (χ4v) is 2.49. The number of aryl methyl sites for hydroxylation is 1. The smallest absolute Gasteiger partial charge is 0.208 e. The van der Waals surface area contributed by atoms with Crippen molar-refractivity contribution in [2.24, 2.45) is 0 Å². The van der Waals surface area contributed by atoms with Gasteiger partial charge in [-0.1, -0.05) is 29.4 Å². The quantitative estimate of drug-likeness (QED) is 0.653. The van der Waals surface area contributed by atoms with Gasteiger partial charge in [-0.05, 0) is 19.1 Å². The molecule has 6 heteroatoms. The first-order valence-electron chi connectivity index (χ1n) is 4.71. The van der Waals surface area contributed by atoms with Crippen LogP contribution in [-0.2, 0) is 5.75 Å².